The van der Waals surface area contributed by atoms with Crippen LogP contribution in [0.1, 0.15) is 18.3 Å². The van der Waals surface area contributed by atoms with E-state index in [1.807, 2.05) is 41.8 Å². The lowest BCUT2D eigenvalue weighted by Gasteiger charge is -2.09. The van der Waals surface area contributed by atoms with Crippen LogP contribution in [0.5, 0.6) is 0 Å². The first-order chi connectivity index (χ1) is 12.7. The minimum atomic E-state index is -0.289. The molecule has 0 radical (unpaired) electrons. The van der Waals surface area contributed by atoms with E-state index in [1.165, 1.54) is 23.9 Å². The van der Waals surface area contributed by atoms with Crippen LogP contribution < -0.4 is 5.32 Å². The Morgan fingerprint density at radius 1 is 1.12 bits per heavy atom. The van der Waals surface area contributed by atoms with E-state index >= 15 is 0 Å². The SMILES string of the molecule is CCc1nnc(SCC(=O)NCc2ccc(F)cc2)n1-c1ccccc1. The van der Waals surface area contributed by atoms with Gasteiger partial charge in [-0.25, -0.2) is 4.39 Å². The smallest absolute Gasteiger partial charge is 0.230 e. The van der Waals surface area contributed by atoms with E-state index in [-0.39, 0.29) is 17.5 Å². The largest absolute Gasteiger partial charge is 0.351 e. The molecule has 3 aromatic rings. The fourth-order valence-electron chi connectivity index (χ4n) is 2.44. The van der Waals surface area contributed by atoms with E-state index in [9.17, 15) is 9.18 Å². The molecule has 5 nitrogen and oxygen atoms in total. The number of para-hydroxylation sites is 1. The second-order valence-electron chi connectivity index (χ2n) is 5.62. The Morgan fingerprint density at radius 2 is 1.85 bits per heavy atom. The number of rotatable bonds is 7. The number of nitrogens with zero attached hydrogens (tertiary/aromatic N) is 3. The summed E-state index contributed by atoms with van der Waals surface area (Å²) < 4.78 is 14.9. The van der Waals surface area contributed by atoms with Crippen molar-refractivity contribution in [1.82, 2.24) is 20.1 Å². The summed E-state index contributed by atoms with van der Waals surface area (Å²) in [5.41, 5.74) is 1.83. The van der Waals surface area contributed by atoms with E-state index in [4.69, 9.17) is 0 Å². The number of halogens is 1. The van der Waals surface area contributed by atoms with Crippen LogP contribution in [0.15, 0.2) is 59.8 Å². The molecule has 0 saturated heterocycles. The number of carbonyl (C=O) groups is 1. The summed E-state index contributed by atoms with van der Waals surface area (Å²) >= 11 is 1.34. The summed E-state index contributed by atoms with van der Waals surface area (Å²) in [6, 6.07) is 15.9. The number of hydrogen-bond donors (Lipinski definition) is 1. The van der Waals surface area contributed by atoms with Gasteiger partial charge in [0.1, 0.15) is 11.6 Å². The molecule has 0 aliphatic rings. The number of aryl methyl sites for hydroxylation is 1. The molecule has 0 atom stereocenters. The molecule has 1 N–H and O–H groups in total. The van der Waals surface area contributed by atoms with E-state index in [0.717, 1.165) is 23.5 Å². The number of amides is 1. The monoisotopic (exact) mass is 370 g/mol. The van der Waals surface area contributed by atoms with Crippen LogP contribution in [-0.4, -0.2) is 26.4 Å². The number of benzene rings is 2. The molecule has 1 amide bonds. The van der Waals surface area contributed by atoms with Gasteiger partial charge in [0.05, 0.1) is 5.75 Å². The van der Waals surface area contributed by atoms with E-state index < -0.39 is 0 Å². The summed E-state index contributed by atoms with van der Waals surface area (Å²) in [4.78, 5) is 12.1. The normalized spacial score (nSPS) is 10.7. The molecule has 1 heterocycles. The topological polar surface area (TPSA) is 59.8 Å². The van der Waals surface area contributed by atoms with Gasteiger partial charge in [0.15, 0.2) is 5.16 Å². The van der Waals surface area contributed by atoms with Crippen molar-refractivity contribution >= 4 is 17.7 Å². The lowest BCUT2D eigenvalue weighted by Crippen LogP contribution is -2.24. The highest BCUT2D eigenvalue weighted by atomic mass is 32.2. The lowest BCUT2D eigenvalue weighted by molar-refractivity contribution is -0.118. The zero-order chi connectivity index (χ0) is 18.4. The molecule has 7 heteroatoms. The molecule has 0 spiro atoms. The van der Waals surface area contributed by atoms with Gasteiger partial charge in [-0.05, 0) is 29.8 Å². The van der Waals surface area contributed by atoms with Crippen molar-refractivity contribution in [2.45, 2.75) is 25.0 Å². The summed E-state index contributed by atoms with van der Waals surface area (Å²) in [7, 11) is 0. The second kappa shape index (κ2) is 8.62. The molecule has 26 heavy (non-hydrogen) atoms. The minimum Gasteiger partial charge on any atom is -0.351 e. The Morgan fingerprint density at radius 3 is 2.54 bits per heavy atom. The van der Waals surface area contributed by atoms with Crippen molar-refractivity contribution in [3.63, 3.8) is 0 Å². The van der Waals surface area contributed by atoms with Gasteiger partial charge < -0.3 is 5.32 Å². The van der Waals surface area contributed by atoms with Crippen molar-refractivity contribution in [3.8, 4) is 5.69 Å². The molecule has 0 saturated carbocycles. The molecular formula is C19H19FN4OS. The Kier molecular flexibility index (Phi) is 6.01. The van der Waals surface area contributed by atoms with Crippen LogP contribution in [0.25, 0.3) is 5.69 Å². The van der Waals surface area contributed by atoms with Gasteiger partial charge in [0, 0.05) is 18.7 Å². The van der Waals surface area contributed by atoms with Gasteiger partial charge in [-0.2, -0.15) is 0 Å². The number of aromatic nitrogens is 3. The zero-order valence-corrected chi connectivity index (χ0v) is 15.2. The number of thioether (sulfide) groups is 1. The van der Waals surface area contributed by atoms with Crippen LogP contribution >= 0.6 is 11.8 Å². The first kappa shape index (κ1) is 18.1. The predicted octanol–water partition coefficient (Wildman–Crippen LogP) is 3.38. The van der Waals surface area contributed by atoms with E-state index in [2.05, 4.69) is 15.5 Å². The first-order valence-corrected chi connectivity index (χ1v) is 9.29. The van der Waals surface area contributed by atoms with Gasteiger partial charge in [-0.1, -0.05) is 49.0 Å². The van der Waals surface area contributed by atoms with Crippen LogP contribution in [0, 0.1) is 5.82 Å². The standard InChI is InChI=1S/C19H19FN4OS/c1-2-17-22-23-19(24(17)16-6-4-3-5-7-16)26-13-18(25)21-12-14-8-10-15(20)11-9-14/h3-11H,2,12-13H2,1H3,(H,21,25). The molecule has 2 aromatic carbocycles. The maximum atomic E-state index is 12.9. The highest BCUT2D eigenvalue weighted by Gasteiger charge is 2.14. The fourth-order valence-corrected chi connectivity index (χ4v) is 3.24. The Labute approximate surface area is 155 Å². The van der Waals surface area contributed by atoms with Gasteiger partial charge in [0.2, 0.25) is 5.91 Å². The quantitative estimate of drug-likeness (QED) is 0.648. The summed E-state index contributed by atoms with van der Waals surface area (Å²) in [6.07, 6.45) is 0.749. The lowest BCUT2D eigenvalue weighted by atomic mass is 10.2. The number of nitrogens with one attached hydrogen (secondary N) is 1. The number of hydrogen-bond acceptors (Lipinski definition) is 4. The second-order valence-corrected chi connectivity index (χ2v) is 6.56. The summed E-state index contributed by atoms with van der Waals surface area (Å²) in [5, 5.41) is 11.9. The molecule has 1 aromatic heterocycles. The summed E-state index contributed by atoms with van der Waals surface area (Å²) in [5.74, 6) is 0.684. The average molecular weight is 370 g/mol. The van der Waals surface area contributed by atoms with Crippen LogP contribution in [-0.2, 0) is 17.8 Å². The van der Waals surface area contributed by atoms with Crippen LogP contribution in [0.3, 0.4) is 0 Å². The van der Waals surface area contributed by atoms with Crippen molar-refractivity contribution in [1.29, 1.82) is 0 Å². The minimum absolute atomic E-state index is 0.111. The van der Waals surface area contributed by atoms with Gasteiger partial charge in [0.25, 0.3) is 0 Å². The molecule has 0 unspecified atom stereocenters. The molecule has 0 aliphatic carbocycles. The third kappa shape index (κ3) is 4.49. The first-order valence-electron chi connectivity index (χ1n) is 8.31. The third-order valence-electron chi connectivity index (χ3n) is 3.77. The maximum Gasteiger partial charge on any atom is 0.230 e. The molecule has 134 valence electrons. The predicted molar refractivity (Wildman–Crippen MR) is 99.7 cm³/mol. The van der Waals surface area contributed by atoms with Gasteiger partial charge in [-0.3, -0.25) is 9.36 Å². The highest BCUT2D eigenvalue weighted by Crippen LogP contribution is 2.22. The van der Waals surface area contributed by atoms with Crippen LogP contribution in [0.2, 0.25) is 0 Å². The fraction of sp³-hybridized carbons (Fsp3) is 0.211. The Balaban J connectivity index is 1.62. The third-order valence-corrected chi connectivity index (χ3v) is 4.70. The van der Waals surface area contributed by atoms with Crippen molar-refractivity contribution < 1.29 is 9.18 Å². The van der Waals surface area contributed by atoms with Crippen molar-refractivity contribution in [2.75, 3.05) is 5.75 Å². The number of carbonyl (C=O) groups excluding carboxylic acids is 1. The van der Waals surface area contributed by atoms with Crippen LogP contribution in [0.4, 0.5) is 4.39 Å². The zero-order valence-electron chi connectivity index (χ0n) is 14.4. The van der Waals surface area contributed by atoms with E-state index in [1.54, 1.807) is 12.1 Å². The molecule has 3 rings (SSSR count). The average Bonchev–Trinajstić information content (AvgIpc) is 3.09. The van der Waals surface area contributed by atoms with Crippen molar-refractivity contribution in [2.24, 2.45) is 0 Å². The molecule has 0 bridgehead atoms. The van der Waals surface area contributed by atoms with E-state index in [0.29, 0.717) is 11.7 Å². The van der Waals surface area contributed by atoms with Crippen molar-refractivity contribution in [3.05, 3.63) is 71.8 Å². The molecule has 0 aliphatic heterocycles. The Hall–Kier alpha value is -2.67. The van der Waals surface area contributed by atoms with Gasteiger partial charge in [-0.15, -0.1) is 10.2 Å². The highest BCUT2D eigenvalue weighted by molar-refractivity contribution is 7.99. The Bertz CT molecular complexity index is 865. The molecular weight excluding hydrogens is 351 g/mol. The van der Waals surface area contributed by atoms with Gasteiger partial charge >= 0.3 is 0 Å². The summed E-state index contributed by atoms with van der Waals surface area (Å²) in [6.45, 7) is 2.39. The molecule has 0 fully saturated rings. The maximum absolute atomic E-state index is 12.9.